The number of esters is 1. The normalized spacial score (nSPS) is 15.8. The Morgan fingerprint density at radius 1 is 1.12 bits per heavy atom. The number of rotatable bonds is 6. The molecule has 6 nitrogen and oxygen atoms in total. The zero-order chi connectivity index (χ0) is 18.4. The molecule has 0 aromatic carbocycles. The molecular formula is C19H24N2O4S. The molecule has 1 aromatic heterocycles. The Kier molecular flexibility index (Phi) is 6.44. The van der Waals surface area contributed by atoms with E-state index in [-0.39, 0.29) is 0 Å². The van der Waals surface area contributed by atoms with Gasteiger partial charge in [-0.2, -0.15) is 0 Å². The van der Waals surface area contributed by atoms with Crippen LogP contribution in [-0.2, 0) is 22.4 Å². The fraction of sp³-hybridized carbons (Fsp3) is 0.526. The van der Waals surface area contributed by atoms with Crippen LogP contribution in [0.15, 0.2) is 17.7 Å². The molecule has 2 N–H and O–H groups in total. The number of carbonyl (C=O) groups is 3. The first-order chi connectivity index (χ1) is 12.6. The highest BCUT2D eigenvalue weighted by atomic mass is 32.1. The maximum Gasteiger partial charge on any atom is 0.348 e. The second kappa shape index (κ2) is 8.98. The van der Waals surface area contributed by atoms with Gasteiger partial charge in [-0.25, -0.2) is 9.59 Å². The molecule has 0 radical (unpaired) electrons. The van der Waals surface area contributed by atoms with Gasteiger partial charge in [-0.05, 0) is 63.0 Å². The van der Waals surface area contributed by atoms with Gasteiger partial charge in [-0.1, -0.05) is 11.6 Å². The summed E-state index contributed by atoms with van der Waals surface area (Å²) >= 11 is 1.43. The fourth-order valence-corrected chi connectivity index (χ4v) is 4.45. The summed E-state index contributed by atoms with van der Waals surface area (Å²) in [7, 11) is 0. The summed E-state index contributed by atoms with van der Waals surface area (Å²) in [5.74, 6) is -1.14. The van der Waals surface area contributed by atoms with E-state index in [0.717, 1.165) is 38.5 Å². The van der Waals surface area contributed by atoms with Crippen molar-refractivity contribution >= 4 is 29.2 Å². The number of carbonyl (C=O) groups excluding carboxylic acids is 3. The number of amides is 3. The molecule has 0 atom stereocenters. The number of aryl methyl sites for hydroxylation is 2. The zero-order valence-corrected chi connectivity index (χ0v) is 15.6. The van der Waals surface area contributed by atoms with Crippen molar-refractivity contribution in [2.24, 2.45) is 0 Å². The summed E-state index contributed by atoms with van der Waals surface area (Å²) in [5, 5.41) is 4.84. The maximum atomic E-state index is 12.0. The number of allylic oxidation sites excluding steroid dienone is 1. The van der Waals surface area contributed by atoms with Crippen molar-refractivity contribution in [3.05, 3.63) is 33.0 Å². The molecule has 1 heterocycles. The first-order valence-corrected chi connectivity index (χ1v) is 9.98. The number of hydrogen-bond acceptors (Lipinski definition) is 5. The molecular weight excluding hydrogens is 352 g/mol. The fourth-order valence-electron chi connectivity index (χ4n) is 3.31. The van der Waals surface area contributed by atoms with Crippen LogP contribution in [-0.4, -0.2) is 31.1 Å². The van der Waals surface area contributed by atoms with Gasteiger partial charge >= 0.3 is 12.0 Å². The number of thiophene rings is 1. The Morgan fingerprint density at radius 3 is 2.77 bits per heavy atom. The van der Waals surface area contributed by atoms with Gasteiger partial charge in [0, 0.05) is 11.4 Å². The Hall–Kier alpha value is -2.15. The SMILES string of the molecule is O=C(COC(=O)c1cc2c(s1)CCC2)NC(=O)NCCC1=CCCCC1. The minimum absolute atomic E-state index is 0.458. The van der Waals surface area contributed by atoms with Gasteiger partial charge in [0.05, 0.1) is 0 Å². The van der Waals surface area contributed by atoms with Gasteiger partial charge < -0.3 is 10.1 Å². The third-order valence-electron chi connectivity index (χ3n) is 4.65. The van der Waals surface area contributed by atoms with Crippen molar-refractivity contribution in [3.63, 3.8) is 0 Å². The molecule has 0 fully saturated rings. The van der Waals surface area contributed by atoms with E-state index in [9.17, 15) is 14.4 Å². The standard InChI is InChI=1S/C19H24N2O4S/c22-17(21-19(24)20-10-9-13-5-2-1-3-6-13)12-25-18(23)16-11-14-7-4-8-15(14)26-16/h5,11H,1-4,6-10,12H2,(H2,20,21,22,24). The monoisotopic (exact) mass is 376 g/mol. The largest absolute Gasteiger partial charge is 0.451 e. The van der Waals surface area contributed by atoms with Gasteiger partial charge in [-0.3, -0.25) is 10.1 Å². The highest BCUT2D eigenvalue weighted by Gasteiger charge is 2.20. The van der Waals surface area contributed by atoms with Crippen LogP contribution in [0.5, 0.6) is 0 Å². The smallest absolute Gasteiger partial charge is 0.348 e. The topological polar surface area (TPSA) is 84.5 Å². The number of imide groups is 1. The lowest BCUT2D eigenvalue weighted by molar-refractivity contribution is -0.123. The molecule has 140 valence electrons. The van der Waals surface area contributed by atoms with Crippen LogP contribution in [0.2, 0.25) is 0 Å². The van der Waals surface area contributed by atoms with Crippen LogP contribution in [0.1, 0.15) is 58.6 Å². The predicted molar refractivity (Wildman–Crippen MR) is 99.3 cm³/mol. The summed E-state index contributed by atoms with van der Waals surface area (Å²) < 4.78 is 5.00. The van der Waals surface area contributed by atoms with Crippen molar-refractivity contribution in [2.45, 2.75) is 51.4 Å². The van der Waals surface area contributed by atoms with Crippen LogP contribution in [0.25, 0.3) is 0 Å². The molecule has 26 heavy (non-hydrogen) atoms. The predicted octanol–water partition coefficient (Wildman–Crippen LogP) is 3.11. The molecule has 0 saturated carbocycles. The van der Waals surface area contributed by atoms with Gasteiger partial charge in [0.1, 0.15) is 4.88 Å². The van der Waals surface area contributed by atoms with Crippen LogP contribution in [0.3, 0.4) is 0 Å². The van der Waals surface area contributed by atoms with Crippen molar-refractivity contribution in [2.75, 3.05) is 13.2 Å². The molecule has 1 aromatic rings. The molecule has 7 heteroatoms. The lowest BCUT2D eigenvalue weighted by Crippen LogP contribution is -2.41. The molecule has 0 unspecified atom stereocenters. The van der Waals surface area contributed by atoms with E-state index in [1.807, 2.05) is 6.07 Å². The van der Waals surface area contributed by atoms with Crippen LogP contribution < -0.4 is 10.6 Å². The van der Waals surface area contributed by atoms with Crippen LogP contribution >= 0.6 is 11.3 Å². The average molecular weight is 376 g/mol. The molecule has 2 aliphatic rings. The minimum atomic E-state index is -0.628. The lowest BCUT2D eigenvalue weighted by atomic mass is 9.97. The molecule has 3 rings (SSSR count). The first kappa shape index (κ1) is 18.6. The molecule has 0 aliphatic heterocycles. The van der Waals surface area contributed by atoms with Crippen molar-refractivity contribution in [1.29, 1.82) is 0 Å². The molecule has 0 bridgehead atoms. The van der Waals surface area contributed by atoms with E-state index in [1.54, 1.807) is 0 Å². The van der Waals surface area contributed by atoms with E-state index in [2.05, 4.69) is 16.7 Å². The highest BCUT2D eigenvalue weighted by Crippen LogP contribution is 2.30. The van der Waals surface area contributed by atoms with Crippen LogP contribution in [0.4, 0.5) is 4.79 Å². The van der Waals surface area contributed by atoms with Crippen LogP contribution in [0, 0.1) is 0 Å². The maximum absolute atomic E-state index is 12.0. The van der Waals surface area contributed by atoms with E-state index >= 15 is 0 Å². The molecule has 3 amide bonds. The third-order valence-corrected chi connectivity index (χ3v) is 5.87. The Balaban J connectivity index is 1.33. The second-order valence-electron chi connectivity index (χ2n) is 6.65. The van der Waals surface area contributed by atoms with E-state index in [0.29, 0.717) is 11.4 Å². The highest BCUT2D eigenvalue weighted by molar-refractivity contribution is 7.14. The quantitative estimate of drug-likeness (QED) is 0.590. The van der Waals surface area contributed by atoms with Gasteiger partial charge in [0.15, 0.2) is 6.61 Å². The van der Waals surface area contributed by atoms with Gasteiger partial charge in [-0.15, -0.1) is 11.3 Å². The number of hydrogen-bond donors (Lipinski definition) is 2. The minimum Gasteiger partial charge on any atom is -0.451 e. The Morgan fingerprint density at radius 2 is 2.00 bits per heavy atom. The Labute approximate surface area is 157 Å². The van der Waals surface area contributed by atoms with E-state index in [1.165, 1.54) is 40.2 Å². The second-order valence-corrected chi connectivity index (χ2v) is 7.79. The van der Waals surface area contributed by atoms with Crippen molar-refractivity contribution in [3.8, 4) is 0 Å². The van der Waals surface area contributed by atoms with Crippen molar-refractivity contribution < 1.29 is 19.1 Å². The summed E-state index contributed by atoms with van der Waals surface area (Å²) in [4.78, 5) is 37.2. The van der Waals surface area contributed by atoms with E-state index < -0.39 is 24.5 Å². The molecule has 0 saturated heterocycles. The Bertz CT molecular complexity index is 702. The third kappa shape index (κ3) is 5.17. The first-order valence-electron chi connectivity index (χ1n) is 9.16. The number of nitrogens with one attached hydrogen (secondary N) is 2. The van der Waals surface area contributed by atoms with E-state index in [4.69, 9.17) is 4.74 Å². The lowest BCUT2D eigenvalue weighted by Gasteiger charge is -2.13. The van der Waals surface area contributed by atoms with Gasteiger partial charge in [0.2, 0.25) is 0 Å². The number of fused-ring (bicyclic) bond motifs is 1. The summed E-state index contributed by atoms with van der Waals surface area (Å²) in [6, 6.07) is 1.29. The number of ether oxygens (including phenoxy) is 1. The number of urea groups is 1. The summed E-state index contributed by atoms with van der Waals surface area (Å²) in [5.41, 5.74) is 2.57. The van der Waals surface area contributed by atoms with Gasteiger partial charge in [0.25, 0.3) is 5.91 Å². The average Bonchev–Trinajstić information content (AvgIpc) is 3.22. The summed E-state index contributed by atoms with van der Waals surface area (Å²) in [6.45, 7) is 0.0332. The van der Waals surface area contributed by atoms with Crippen molar-refractivity contribution in [1.82, 2.24) is 10.6 Å². The molecule has 0 spiro atoms. The zero-order valence-electron chi connectivity index (χ0n) is 14.8. The molecule has 2 aliphatic carbocycles. The summed E-state index contributed by atoms with van der Waals surface area (Å²) in [6.07, 6.45) is 10.8.